The number of aryl methyl sites for hydroxylation is 3. The topological polar surface area (TPSA) is 59.3 Å². The number of carbonyl (C=O) groups is 1. The zero-order valence-electron chi connectivity index (χ0n) is 17.2. The SMILES string of the molecule is Cc1cccc(C)c1N=C1NC(=O)/C(=C/c2c(C)nn(Cc3ccc(Cl)cc3)c2Cl)S1. The fraction of sp³-hybridized carbons (Fsp3) is 0.174. The van der Waals surface area contributed by atoms with Crippen molar-refractivity contribution in [2.75, 3.05) is 0 Å². The molecule has 1 N–H and O–H groups in total. The first-order chi connectivity index (χ1) is 14.8. The normalized spacial score (nSPS) is 16.4. The maximum Gasteiger partial charge on any atom is 0.264 e. The van der Waals surface area contributed by atoms with E-state index < -0.39 is 0 Å². The average Bonchev–Trinajstić information content (AvgIpc) is 3.20. The quantitative estimate of drug-likeness (QED) is 0.471. The molecular weight excluding hydrogens is 451 g/mol. The smallest absolute Gasteiger partial charge is 0.264 e. The molecule has 1 saturated heterocycles. The van der Waals surface area contributed by atoms with E-state index in [1.165, 1.54) is 11.8 Å². The molecule has 1 aliphatic heterocycles. The van der Waals surface area contributed by atoms with Crippen LogP contribution in [0.3, 0.4) is 0 Å². The highest BCUT2D eigenvalue weighted by atomic mass is 35.5. The van der Waals surface area contributed by atoms with Crippen LogP contribution in [0, 0.1) is 20.8 Å². The first kappa shape index (κ1) is 21.7. The van der Waals surface area contributed by atoms with Crippen molar-refractivity contribution in [2.24, 2.45) is 4.99 Å². The van der Waals surface area contributed by atoms with Gasteiger partial charge < -0.3 is 5.32 Å². The monoisotopic (exact) mass is 470 g/mol. The molecule has 4 rings (SSSR count). The van der Waals surface area contributed by atoms with Gasteiger partial charge in [-0.1, -0.05) is 53.5 Å². The number of thioether (sulfide) groups is 1. The maximum atomic E-state index is 12.5. The molecule has 0 atom stereocenters. The number of nitrogens with one attached hydrogen (secondary N) is 1. The molecular formula is C23H20Cl2N4OS. The van der Waals surface area contributed by atoms with Crippen molar-refractivity contribution in [1.29, 1.82) is 0 Å². The second-order valence-corrected chi connectivity index (χ2v) is 9.12. The number of amidine groups is 1. The number of carbonyl (C=O) groups excluding carboxylic acids is 1. The second-order valence-electron chi connectivity index (χ2n) is 7.30. The van der Waals surface area contributed by atoms with Gasteiger partial charge in [0.05, 0.1) is 22.8 Å². The Morgan fingerprint density at radius 2 is 1.77 bits per heavy atom. The average molecular weight is 471 g/mol. The highest BCUT2D eigenvalue weighted by molar-refractivity contribution is 8.18. The Bertz CT molecular complexity index is 1210. The number of nitrogens with zero attached hydrogens (tertiary/aromatic N) is 3. The molecule has 1 aliphatic rings. The standard InChI is InChI=1S/C23H20Cl2N4OS/c1-13-5-4-6-14(2)20(13)26-23-27-22(30)19(31-23)11-18-15(3)28-29(21(18)25)12-16-7-9-17(24)10-8-16/h4-11H,12H2,1-3H3,(H,26,27,30)/b19-11-. The summed E-state index contributed by atoms with van der Waals surface area (Å²) in [4.78, 5) is 17.7. The lowest BCUT2D eigenvalue weighted by atomic mass is 10.1. The van der Waals surface area contributed by atoms with E-state index in [9.17, 15) is 4.79 Å². The lowest BCUT2D eigenvalue weighted by molar-refractivity contribution is -0.115. The second kappa shape index (κ2) is 8.91. The molecule has 158 valence electrons. The maximum absolute atomic E-state index is 12.5. The van der Waals surface area contributed by atoms with Gasteiger partial charge in [0, 0.05) is 10.6 Å². The minimum Gasteiger partial charge on any atom is -0.300 e. The summed E-state index contributed by atoms with van der Waals surface area (Å²) in [5.41, 5.74) is 5.49. The third-order valence-corrected chi connectivity index (χ3v) is 6.49. The molecule has 0 spiro atoms. The summed E-state index contributed by atoms with van der Waals surface area (Å²) < 4.78 is 1.72. The zero-order valence-corrected chi connectivity index (χ0v) is 19.6. The van der Waals surface area contributed by atoms with E-state index in [1.54, 1.807) is 10.8 Å². The summed E-state index contributed by atoms with van der Waals surface area (Å²) in [7, 11) is 0. The molecule has 2 heterocycles. The van der Waals surface area contributed by atoms with Gasteiger partial charge >= 0.3 is 0 Å². The third-order valence-electron chi connectivity index (χ3n) is 4.93. The summed E-state index contributed by atoms with van der Waals surface area (Å²) in [5.74, 6) is -0.198. The van der Waals surface area contributed by atoms with Crippen molar-refractivity contribution >= 4 is 57.8 Å². The number of hydrogen-bond donors (Lipinski definition) is 1. The Morgan fingerprint density at radius 1 is 1.10 bits per heavy atom. The largest absolute Gasteiger partial charge is 0.300 e. The Balaban J connectivity index is 1.60. The Labute approximate surface area is 195 Å². The van der Waals surface area contributed by atoms with E-state index in [2.05, 4.69) is 15.4 Å². The molecule has 0 saturated carbocycles. The summed E-state index contributed by atoms with van der Waals surface area (Å²) in [6, 6.07) is 13.5. The summed E-state index contributed by atoms with van der Waals surface area (Å²) >= 11 is 13.9. The van der Waals surface area contributed by atoms with E-state index in [1.807, 2.05) is 63.2 Å². The van der Waals surface area contributed by atoms with Crippen LogP contribution in [0.2, 0.25) is 10.2 Å². The highest BCUT2D eigenvalue weighted by Gasteiger charge is 2.25. The van der Waals surface area contributed by atoms with Crippen LogP contribution in [0.25, 0.3) is 6.08 Å². The summed E-state index contributed by atoms with van der Waals surface area (Å²) in [6.07, 6.45) is 1.77. The molecule has 31 heavy (non-hydrogen) atoms. The van der Waals surface area contributed by atoms with Crippen LogP contribution < -0.4 is 5.32 Å². The first-order valence-corrected chi connectivity index (χ1v) is 11.2. The lowest BCUT2D eigenvalue weighted by Gasteiger charge is -2.04. The number of para-hydroxylation sites is 1. The number of aliphatic imine (C=N–C) groups is 1. The van der Waals surface area contributed by atoms with Crippen LogP contribution in [0.1, 0.15) is 27.9 Å². The Morgan fingerprint density at radius 3 is 2.45 bits per heavy atom. The molecule has 0 bridgehead atoms. The molecule has 2 aromatic carbocycles. The number of hydrogen-bond acceptors (Lipinski definition) is 4. The van der Waals surface area contributed by atoms with Gasteiger partial charge in [0.1, 0.15) is 5.15 Å². The molecule has 0 aliphatic carbocycles. The summed E-state index contributed by atoms with van der Waals surface area (Å²) in [5, 5.41) is 9.09. The van der Waals surface area contributed by atoms with Crippen molar-refractivity contribution < 1.29 is 4.79 Å². The molecule has 5 nitrogen and oxygen atoms in total. The van der Waals surface area contributed by atoms with Gasteiger partial charge in [-0.05, 0) is 67.4 Å². The van der Waals surface area contributed by atoms with Gasteiger partial charge in [-0.2, -0.15) is 5.10 Å². The summed E-state index contributed by atoms with van der Waals surface area (Å²) in [6.45, 7) is 6.39. The van der Waals surface area contributed by atoms with E-state index in [0.717, 1.165) is 33.6 Å². The molecule has 1 aromatic heterocycles. The van der Waals surface area contributed by atoms with Crippen molar-refractivity contribution in [3.8, 4) is 0 Å². The third kappa shape index (κ3) is 4.71. The van der Waals surface area contributed by atoms with Crippen LogP contribution in [-0.2, 0) is 11.3 Å². The first-order valence-electron chi connectivity index (χ1n) is 9.65. The van der Waals surface area contributed by atoms with Crippen LogP contribution in [0.4, 0.5) is 5.69 Å². The van der Waals surface area contributed by atoms with E-state index in [-0.39, 0.29) is 5.91 Å². The number of halogens is 2. The van der Waals surface area contributed by atoms with Crippen LogP contribution in [0.5, 0.6) is 0 Å². The minimum absolute atomic E-state index is 0.198. The molecule has 0 radical (unpaired) electrons. The van der Waals surface area contributed by atoms with E-state index in [0.29, 0.717) is 26.8 Å². The van der Waals surface area contributed by atoms with Gasteiger partial charge in [0.15, 0.2) is 5.17 Å². The molecule has 3 aromatic rings. The highest BCUT2D eigenvalue weighted by Crippen LogP contribution is 2.32. The van der Waals surface area contributed by atoms with Crippen LogP contribution in [-0.4, -0.2) is 20.9 Å². The molecule has 8 heteroatoms. The molecule has 1 fully saturated rings. The van der Waals surface area contributed by atoms with E-state index >= 15 is 0 Å². The Kier molecular flexibility index (Phi) is 6.23. The number of rotatable bonds is 4. The number of benzene rings is 2. The van der Waals surface area contributed by atoms with Gasteiger partial charge in [-0.25, -0.2) is 9.67 Å². The van der Waals surface area contributed by atoms with Crippen molar-refractivity contribution in [1.82, 2.24) is 15.1 Å². The van der Waals surface area contributed by atoms with Gasteiger partial charge in [0.25, 0.3) is 5.91 Å². The lowest BCUT2D eigenvalue weighted by Crippen LogP contribution is -2.19. The minimum atomic E-state index is -0.198. The van der Waals surface area contributed by atoms with Crippen molar-refractivity contribution in [3.05, 3.63) is 85.5 Å². The predicted molar refractivity (Wildman–Crippen MR) is 129 cm³/mol. The van der Waals surface area contributed by atoms with Gasteiger partial charge in [0.2, 0.25) is 0 Å². The fourth-order valence-corrected chi connectivity index (χ4v) is 4.52. The van der Waals surface area contributed by atoms with Crippen LogP contribution >= 0.6 is 35.0 Å². The zero-order chi connectivity index (χ0) is 22.1. The van der Waals surface area contributed by atoms with Gasteiger partial charge in [-0.15, -0.1) is 0 Å². The van der Waals surface area contributed by atoms with Crippen molar-refractivity contribution in [2.45, 2.75) is 27.3 Å². The molecule has 1 amide bonds. The van der Waals surface area contributed by atoms with Crippen LogP contribution in [0.15, 0.2) is 52.4 Å². The fourth-order valence-electron chi connectivity index (χ4n) is 3.29. The van der Waals surface area contributed by atoms with Crippen molar-refractivity contribution in [3.63, 3.8) is 0 Å². The number of aromatic nitrogens is 2. The number of amides is 1. The predicted octanol–water partition coefficient (Wildman–Crippen LogP) is 6.06. The van der Waals surface area contributed by atoms with E-state index in [4.69, 9.17) is 23.2 Å². The molecule has 0 unspecified atom stereocenters. The van der Waals surface area contributed by atoms with Gasteiger partial charge in [-0.3, -0.25) is 4.79 Å². The Hall–Kier alpha value is -2.54.